The van der Waals surface area contributed by atoms with E-state index in [2.05, 4.69) is 0 Å². The molecule has 0 saturated heterocycles. The first-order valence-electron chi connectivity index (χ1n) is 5.00. The highest BCUT2D eigenvalue weighted by Crippen LogP contribution is 2.49. The standard InChI is InChI=1S/C11H10O4S/c1-16(13,14)7-2-3-9-8(6-7)10(12)11(15-9)4-5-11/h2-3,6H,4-5H2,1H3. The van der Waals surface area contributed by atoms with Gasteiger partial charge in [0, 0.05) is 6.26 Å². The molecule has 1 heterocycles. The van der Waals surface area contributed by atoms with Gasteiger partial charge in [-0.05, 0) is 31.0 Å². The van der Waals surface area contributed by atoms with Gasteiger partial charge in [-0.15, -0.1) is 0 Å². The van der Waals surface area contributed by atoms with E-state index in [0.29, 0.717) is 11.3 Å². The highest BCUT2D eigenvalue weighted by Gasteiger charge is 2.57. The second-order valence-electron chi connectivity index (χ2n) is 4.36. The van der Waals surface area contributed by atoms with Gasteiger partial charge in [-0.2, -0.15) is 0 Å². The molecule has 0 radical (unpaired) electrons. The van der Waals surface area contributed by atoms with Crippen molar-refractivity contribution >= 4 is 15.6 Å². The molecule has 1 aliphatic heterocycles. The van der Waals surface area contributed by atoms with Crippen LogP contribution in [0.5, 0.6) is 5.75 Å². The van der Waals surface area contributed by atoms with E-state index in [1.807, 2.05) is 0 Å². The number of Topliss-reactive ketones (excluding diaryl/α,β-unsaturated/α-hetero) is 1. The Kier molecular flexibility index (Phi) is 1.63. The zero-order chi connectivity index (χ0) is 11.6. The lowest BCUT2D eigenvalue weighted by Crippen LogP contribution is -2.21. The number of sulfone groups is 1. The van der Waals surface area contributed by atoms with Gasteiger partial charge in [-0.3, -0.25) is 4.79 Å². The fraction of sp³-hybridized carbons (Fsp3) is 0.364. The van der Waals surface area contributed by atoms with Gasteiger partial charge in [-0.1, -0.05) is 0 Å². The molecule has 84 valence electrons. The van der Waals surface area contributed by atoms with E-state index in [1.54, 1.807) is 6.07 Å². The van der Waals surface area contributed by atoms with Crippen molar-refractivity contribution in [3.63, 3.8) is 0 Å². The molecule has 1 spiro atoms. The number of benzene rings is 1. The van der Waals surface area contributed by atoms with Gasteiger partial charge in [0.1, 0.15) is 5.75 Å². The molecule has 0 aromatic heterocycles. The first-order chi connectivity index (χ1) is 7.42. The van der Waals surface area contributed by atoms with Crippen molar-refractivity contribution in [3.05, 3.63) is 23.8 Å². The maximum atomic E-state index is 11.9. The summed E-state index contributed by atoms with van der Waals surface area (Å²) >= 11 is 0. The summed E-state index contributed by atoms with van der Waals surface area (Å²) in [5.74, 6) is 0.433. The van der Waals surface area contributed by atoms with E-state index in [-0.39, 0.29) is 10.7 Å². The summed E-state index contributed by atoms with van der Waals surface area (Å²) in [6.07, 6.45) is 2.59. The Bertz CT molecular complexity index is 596. The van der Waals surface area contributed by atoms with Crippen LogP contribution in [0.4, 0.5) is 0 Å². The molecule has 1 aromatic rings. The highest BCUT2D eigenvalue weighted by atomic mass is 32.2. The van der Waals surface area contributed by atoms with Crippen LogP contribution in [-0.4, -0.2) is 26.1 Å². The molecule has 0 amide bonds. The molecule has 16 heavy (non-hydrogen) atoms. The predicted molar refractivity (Wildman–Crippen MR) is 56.5 cm³/mol. The van der Waals surface area contributed by atoms with E-state index < -0.39 is 15.4 Å². The zero-order valence-electron chi connectivity index (χ0n) is 8.69. The summed E-state index contributed by atoms with van der Waals surface area (Å²) in [5, 5.41) is 0. The fourth-order valence-electron chi connectivity index (χ4n) is 1.95. The molecule has 1 aromatic carbocycles. The van der Waals surface area contributed by atoms with E-state index in [4.69, 9.17) is 4.74 Å². The number of ether oxygens (including phenoxy) is 1. The third kappa shape index (κ3) is 1.21. The minimum absolute atomic E-state index is 0.0759. The van der Waals surface area contributed by atoms with Gasteiger partial charge in [-0.25, -0.2) is 8.42 Å². The highest BCUT2D eigenvalue weighted by molar-refractivity contribution is 7.90. The molecule has 3 rings (SSSR count). The van der Waals surface area contributed by atoms with Crippen molar-refractivity contribution in [2.24, 2.45) is 0 Å². The van der Waals surface area contributed by atoms with Crippen LogP contribution in [0.25, 0.3) is 0 Å². The number of hydrogen-bond acceptors (Lipinski definition) is 4. The van der Waals surface area contributed by atoms with Crippen molar-refractivity contribution in [3.8, 4) is 5.75 Å². The summed E-state index contributed by atoms with van der Waals surface area (Å²) in [7, 11) is -3.27. The molecule has 2 aliphatic rings. The van der Waals surface area contributed by atoms with Crippen LogP contribution < -0.4 is 4.74 Å². The van der Waals surface area contributed by atoms with E-state index in [0.717, 1.165) is 19.1 Å². The Labute approximate surface area is 93.1 Å². The first-order valence-corrected chi connectivity index (χ1v) is 6.89. The molecule has 5 heteroatoms. The smallest absolute Gasteiger partial charge is 0.210 e. The Morgan fingerprint density at radius 2 is 2.00 bits per heavy atom. The lowest BCUT2D eigenvalue weighted by molar-refractivity contribution is 0.0820. The van der Waals surface area contributed by atoms with Crippen molar-refractivity contribution in [2.45, 2.75) is 23.3 Å². The third-order valence-corrected chi connectivity index (χ3v) is 4.16. The molecule has 0 bridgehead atoms. The largest absolute Gasteiger partial charge is 0.478 e. The average Bonchev–Trinajstić information content (AvgIpc) is 2.90. The number of carbonyl (C=O) groups is 1. The van der Waals surface area contributed by atoms with Crippen LogP contribution >= 0.6 is 0 Å². The molecule has 4 nitrogen and oxygen atoms in total. The zero-order valence-corrected chi connectivity index (χ0v) is 9.50. The van der Waals surface area contributed by atoms with Crippen molar-refractivity contribution < 1.29 is 17.9 Å². The van der Waals surface area contributed by atoms with Gasteiger partial charge in [0.2, 0.25) is 5.78 Å². The number of hydrogen-bond donors (Lipinski definition) is 0. The Morgan fingerprint density at radius 3 is 2.56 bits per heavy atom. The van der Waals surface area contributed by atoms with Gasteiger partial charge >= 0.3 is 0 Å². The van der Waals surface area contributed by atoms with Crippen LogP contribution in [0, 0.1) is 0 Å². The molecule has 1 aliphatic carbocycles. The molecule has 1 fully saturated rings. The maximum Gasteiger partial charge on any atom is 0.210 e. The van der Waals surface area contributed by atoms with Crippen LogP contribution in [-0.2, 0) is 9.84 Å². The minimum atomic E-state index is -3.27. The molecule has 0 N–H and O–H groups in total. The van der Waals surface area contributed by atoms with Crippen LogP contribution in [0.3, 0.4) is 0 Å². The lowest BCUT2D eigenvalue weighted by atomic mass is 10.1. The Morgan fingerprint density at radius 1 is 1.31 bits per heavy atom. The van der Waals surface area contributed by atoms with Crippen molar-refractivity contribution in [1.29, 1.82) is 0 Å². The van der Waals surface area contributed by atoms with Gasteiger partial charge < -0.3 is 4.74 Å². The molecule has 0 atom stereocenters. The molecule has 0 unspecified atom stereocenters. The normalized spacial score (nSPS) is 20.7. The molecule has 1 saturated carbocycles. The Balaban J connectivity index is 2.15. The number of rotatable bonds is 1. The summed E-state index contributed by atoms with van der Waals surface area (Å²) in [6.45, 7) is 0. The minimum Gasteiger partial charge on any atom is -0.478 e. The Hall–Kier alpha value is -1.36. The first kappa shape index (κ1) is 9.84. The lowest BCUT2D eigenvalue weighted by Gasteiger charge is -2.03. The van der Waals surface area contributed by atoms with Crippen LogP contribution in [0.1, 0.15) is 23.2 Å². The third-order valence-electron chi connectivity index (χ3n) is 3.05. The molecular formula is C11H10O4S. The second-order valence-corrected chi connectivity index (χ2v) is 6.37. The molecular weight excluding hydrogens is 228 g/mol. The maximum absolute atomic E-state index is 11.9. The van der Waals surface area contributed by atoms with E-state index >= 15 is 0 Å². The quantitative estimate of drug-likeness (QED) is 0.737. The van der Waals surface area contributed by atoms with E-state index in [9.17, 15) is 13.2 Å². The predicted octanol–water partition coefficient (Wildman–Crippen LogP) is 1.20. The summed E-state index contributed by atoms with van der Waals surface area (Å²) in [6, 6.07) is 4.46. The number of carbonyl (C=O) groups excluding carboxylic acids is 1. The topological polar surface area (TPSA) is 60.4 Å². The van der Waals surface area contributed by atoms with Crippen LogP contribution in [0.2, 0.25) is 0 Å². The summed E-state index contributed by atoms with van der Waals surface area (Å²) in [5.41, 5.74) is -0.251. The number of ketones is 1. The van der Waals surface area contributed by atoms with Crippen molar-refractivity contribution in [1.82, 2.24) is 0 Å². The monoisotopic (exact) mass is 238 g/mol. The second kappa shape index (κ2) is 2.66. The number of fused-ring (bicyclic) bond motifs is 1. The fourth-order valence-corrected chi connectivity index (χ4v) is 2.60. The average molecular weight is 238 g/mol. The van der Waals surface area contributed by atoms with Gasteiger partial charge in [0.05, 0.1) is 10.5 Å². The van der Waals surface area contributed by atoms with Gasteiger partial charge in [0.25, 0.3) is 0 Å². The summed E-state index contributed by atoms with van der Waals surface area (Å²) in [4.78, 5) is 12.1. The van der Waals surface area contributed by atoms with Gasteiger partial charge in [0.15, 0.2) is 15.4 Å². The SMILES string of the molecule is CS(=O)(=O)c1ccc2c(c1)C(=O)C1(CC1)O2. The van der Waals surface area contributed by atoms with E-state index in [1.165, 1.54) is 12.1 Å². The van der Waals surface area contributed by atoms with Crippen molar-refractivity contribution in [2.75, 3.05) is 6.26 Å². The van der Waals surface area contributed by atoms with Crippen LogP contribution in [0.15, 0.2) is 23.1 Å². The summed E-state index contributed by atoms with van der Waals surface area (Å²) < 4.78 is 28.3.